The first kappa shape index (κ1) is 16.0. The molecular weight excluding hydrogens is 279 g/mol. The average molecular weight is 293 g/mol. The first-order valence-electron chi connectivity index (χ1n) is 5.73. The Morgan fingerprint density at radius 3 is 2.70 bits per heavy atom. The number of nitrogens with one attached hydrogen (secondary N) is 2. The van der Waals surface area contributed by atoms with E-state index in [1.54, 1.807) is 0 Å². The van der Waals surface area contributed by atoms with E-state index in [0.717, 1.165) is 7.11 Å². The SMILES string of the molecule is COC(=O)[C@H](Cc1cnc[nH]1)NC(=O)CCC(F)(F)F. The molecule has 0 aliphatic heterocycles. The fraction of sp³-hybridized carbons (Fsp3) is 0.545. The monoisotopic (exact) mass is 293 g/mol. The van der Waals surface area contributed by atoms with Gasteiger partial charge in [0.1, 0.15) is 6.04 Å². The number of hydrogen-bond acceptors (Lipinski definition) is 4. The normalized spacial score (nSPS) is 12.8. The number of H-pyrrole nitrogens is 1. The van der Waals surface area contributed by atoms with Gasteiger partial charge in [0.15, 0.2) is 0 Å². The number of imidazole rings is 1. The number of amides is 1. The van der Waals surface area contributed by atoms with E-state index in [2.05, 4.69) is 20.0 Å². The number of nitrogens with zero attached hydrogens (tertiary/aromatic N) is 1. The summed E-state index contributed by atoms with van der Waals surface area (Å²) in [4.78, 5) is 29.4. The largest absolute Gasteiger partial charge is 0.467 e. The molecule has 0 radical (unpaired) electrons. The number of rotatable bonds is 6. The van der Waals surface area contributed by atoms with Gasteiger partial charge in [-0.2, -0.15) is 13.2 Å². The Bertz CT molecular complexity index is 446. The fourth-order valence-corrected chi connectivity index (χ4v) is 1.47. The van der Waals surface area contributed by atoms with E-state index in [-0.39, 0.29) is 6.42 Å². The lowest BCUT2D eigenvalue weighted by atomic mass is 10.1. The van der Waals surface area contributed by atoms with E-state index in [1.807, 2.05) is 0 Å². The molecule has 0 saturated carbocycles. The Morgan fingerprint density at radius 2 is 2.20 bits per heavy atom. The first-order chi connectivity index (χ1) is 9.31. The second-order valence-corrected chi connectivity index (χ2v) is 4.04. The summed E-state index contributed by atoms with van der Waals surface area (Å²) < 4.78 is 40.5. The quantitative estimate of drug-likeness (QED) is 0.765. The third-order valence-corrected chi connectivity index (χ3v) is 2.44. The van der Waals surface area contributed by atoms with Crippen molar-refractivity contribution >= 4 is 11.9 Å². The van der Waals surface area contributed by atoms with Gasteiger partial charge in [0.05, 0.1) is 19.9 Å². The molecule has 0 bridgehead atoms. The number of carbonyl (C=O) groups is 2. The van der Waals surface area contributed by atoms with Gasteiger partial charge in [-0.25, -0.2) is 9.78 Å². The molecule has 0 aliphatic rings. The maximum atomic E-state index is 12.0. The lowest BCUT2D eigenvalue weighted by molar-refractivity contribution is -0.148. The van der Waals surface area contributed by atoms with Crippen molar-refractivity contribution in [2.45, 2.75) is 31.5 Å². The Labute approximate surface area is 112 Å². The van der Waals surface area contributed by atoms with Gasteiger partial charge >= 0.3 is 12.1 Å². The molecule has 0 unspecified atom stereocenters. The summed E-state index contributed by atoms with van der Waals surface area (Å²) in [7, 11) is 1.13. The van der Waals surface area contributed by atoms with E-state index in [0.29, 0.717) is 5.69 Å². The van der Waals surface area contributed by atoms with Crippen LogP contribution in [-0.2, 0) is 20.7 Å². The predicted molar refractivity (Wildman–Crippen MR) is 61.5 cm³/mol. The molecule has 0 aliphatic carbocycles. The third kappa shape index (κ3) is 5.72. The lowest BCUT2D eigenvalue weighted by Crippen LogP contribution is -2.43. The molecule has 112 valence electrons. The highest BCUT2D eigenvalue weighted by molar-refractivity contribution is 5.84. The van der Waals surface area contributed by atoms with Crippen LogP contribution in [0.2, 0.25) is 0 Å². The summed E-state index contributed by atoms with van der Waals surface area (Å²) >= 11 is 0. The zero-order chi connectivity index (χ0) is 15.2. The minimum absolute atomic E-state index is 0.0600. The molecule has 0 fully saturated rings. The van der Waals surface area contributed by atoms with Crippen molar-refractivity contribution in [1.82, 2.24) is 15.3 Å². The molecule has 0 aromatic carbocycles. The highest BCUT2D eigenvalue weighted by Crippen LogP contribution is 2.21. The summed E-state index contributed by atoms with van der Waals surface area (Å²) in [6.45, 7) is 0. The van der Waals surface area contributed by atoms with Crippen molar-refractivity contribution in [2.24, 2.45) is 0 Å². The molecule has 1 rings (SSSR count). The summed E-state index contributed by atoms with van der Waals surface area (Å²) in [6, 6.07) is -1.05. The van der Waals surface area contributed by atoms with Gasteiger partial charge in [0.2, 0.25) is 5.91 Å². The molecule has 1 aromatic rings. The molecule has 1 heterocycles. The van der Waals surface area contributed by atoms with Crippen LogP contribution in [0.25, 0.3) is 0 Å². The van der Waals surface area contributed by atoms with Crippen LogP contribution in [0.4, 0.5) is 13.2 Å². The smallest absolute Gasteiger partial charge is 0.389 e. The number of aromatic nitrogens is 2. The fourth-order valence-electron chi connectivity index (χ4n) is 1.47. The lowest BCUT2D eigenvalue weighted by Gasteiger charge is -2.16. The van der Waals surface area contributed by atoms with Gasteiger partial charge in [-0.15, -0.1) is 0 Å². The van der Waals surface area contributed by atoms with Gasteiger partial charge < -0.3 is 15.0 Å². The highest BCUT2D eigenvalue weighted by Gasteiger charge is 2.29. The van der Waals surface area contributed by atoms with E-state index in [1.165, 1.54) is 12.5 Å². The van der Waals surface area contributed by atoms with Crippen molar-refractivity contribution in [3.63, 3.8) is 0 Å². The van der Waals surface area contributed by atoms with Crippen molar-refractivity contribution in [1.29, 1.82) is 0 Å². The Balaban J connectivity index is 2.56. The Morgan fingerprint density at radius 1 is 1.50 bits per heavy atom. The van der Waals surface area contributed by atoms with Crippen molar-refractivity contribution < 1.29 is 27.5 Å². The zero-order valence-electron chi connectivity index (χ0n) is 10.7. The van der Waals surface area contributed by atoms with Gasteiger partial charge in [-0.05, 0) is 0 Å². The molecule has 20 heavy (non-hydrogen) atoms. The predicted octanol–water partition coefficient (Wildman–Crippen LogP) is 0.952. The maximum absolute atomic E-state index is 12.0. The van der Waals surface area contributed by atoms with Crippen molar-refractivity contribution in [3.05, 3.63) is 18.2 Å². The minimum atomic E-state index is -4.42. The molecule has 0 spiro atoms. The highest BCUT2D eigenvalue weighted by atomic mass is 19.4. The molecule has 6 nitrogen and oxygen atoms in total. The standard InChI is InChI=1S/C11H14F3N3O3/c1-20-10(19)8(4-7-5-15-6-16-7)17-9(18)2-3-11(12,13)14/h5-6,8H,2-4H2,1H3,(H,15,16)(H,17,18)/t8-/m0/s1. The number of esters is 1. The Hall–Kier alpha value is -2.06. The Kier molecular flexibility index (Phi) is 5.53. The van der Waals surface area contributed by atoms with Gasteiger partial charge in [0.25, 0.3) is 0 Å². The third-order valence-electron chi connectivity index (χ3n) is 2.44. The number of alkyl halides is 3. The van der Waals surface area contributed by atoms with Crippen LogP contribution in [0.3, 0.4) is 0 Å². The van der Waals surface area contributed by atoms with E-state index in [4.69, 9.17) is 0 Å². The summed E-state index contributed by atoms with van der Waals surface area (Å²) in [5, 5.41) is 2.22. The molecule has 1 aromatic heterocycles. The topological polar surface area (TPSA) is 84.1 Å². The molecule has 0 saturated heterocycles. The number of aromatic amines is 1. The molecule has 1 atom stereocenters. The maximum Gasteiger partial charge on any atom is 0.389 e. The van der Waals surface area contributed by atoms with E-state index < -0.39 is 36.9 Å². The van der Waals surface area contributed by atoms with Crippen LogP contribution < -0.4 is 5.32 Å². The minimum Gasteiger partial charge on any atom is -0.467 e. The van der Waals surface area contributed by atoms with Crippen molar-refractivity contribution in [3.8, 4) is 0 Å². The van der Waals surface area contributed by atoms with Crippen LogP contribution in [0.1, 0.15) is 18.5 Å². The van der Waals surface area contributed by atoms with Crippen LogP contribution >= 0.6 is 0 Å². The summed E-state index contributed by atoms with van der Waals surface area (Å²) in [5.41, 5.74) is 0.552. The second-order valence-electron chi connectivity index (χ2n) is 4.04. The number of halogens is 3. The van der Waals surface area contributed by atoms with Gasteiger partial charge in [0, 0.05) is 24.7 Å². The van der Waals surface area contributed by atoms with Crippen LogP contribution in [0, 0.1) is 0 Å². The number of carbonyl (C=O) groups excluding carboxylic acids is 2. The second kappa shape index (κ2) is 6.92. The molecular formula is C11H14F3N3O3. The number of methoxy groups -OCH3 is 1. The average Bonchev–Trinajstić information content (AvgIpc) is 2.86. The van der Waals surface area contributed by atoms with Crippen LogP contribution in [-0.4, -0.2) is 41.2 Å². The van der Waals surface area contributed by atoms with Crippen LogP contribution in [0.15, 0.2) is 12.5 Å². The van der Waals surface area contributed by atoms with Gasteiger partial charge in [-0.3, -0.25) is 4.79 Å². The van der Waals surface area contributed by atoms with E-state index in [9.17, 15) is 22.8 Å². The number of hydrogen-bond donors (Lipinski definition) is 2. The summed E-state index contributed by atoms with van der Waals surface area (Å²) in [6.07, 6.45) is -3.50. The van der Waals surface area contributed by atoms with Crippen molar-refractivity contribution in [2.75, 3.05) is 7.11 Å². The summed E-state index contributed by atoms with van der Waals surface area (Å²) in [5.74, 6) is -1.60. The molecule has 2 N–H and O–H groups in total. The van der Waals surface area contributed by atoms with E-state index >= 15 is 0 Å². The first-order valence-corrected chi connectivity index (χ1v) is 5.73. The zero-order valence-corrected chi connectivity index (χ0v) is 10.7. The molecule has 9 heteroatoms. The van der Waals surface area contributed by atoms with Gasteiger partial charge in [-0.1, -0.05) is 0 Å². The van der Waals surface area contributed by atoms with Crippen LogP contribution in [0.5, 0.6) is 0 Å². The number of ether oxygens (including phenoxy) is 1. The molecule has 1 amide bonds.